The Morgan fingerprint density at radius 3 is 2.08 bits per heavy atom. The van der Waals surface area contributed by atoms with Gasteiger partial charge in [0.05, 0.1) is 4.90 Å². The van der Waals surface area contributed by atoms with Crippen LogP contribution in [-0.4, -0.2) is 32.7 Å². The normalized spacial score (nSPS) is 11.8. The second-order valence-corrected chi connectivity index (χ2v) is 8.91. The topological polar surface area (TPSA) is 66.5 Å². The van der Waals surface area contributed by atoms with Crippen LogP contribution >= 0.6 is 0 Å². The van der Waals surface area contributed by atoms with Crippen molar-refractivity contribution in [3.63, 3.8) is 0 Å². The Bertz CT molecular complexity index is 840. The van der Waals surface area contributed by atoms with Gasteiger partial charge in [-0.05, 0) is 47.7 Å². The van der Waals surface area contributed by atoms with Gasteiger partial charge in [0.25, 0.3) is 0 Å². The lowest BCUT2D eigenvalue weighted by Crippen LogP contribution is -2.22. The van der Waals surface area contributed by atoms with E-state index in [1.165, 1.54) is 24.0 Å². The Kier molecular flexibility index (Phi) is 6.56. The number of hydrogen-bond acceptors (Lipinski definition) is 3. The van der Waals surface area contributed by atoms with Crippen LogP contribution in [-0.2, 0) is 21.2 Å². The molecule has 0 radical (unpaired) electrons. The van der Waals surface area contributed by atoms with Crippen molar-refractivity contribution >= 4 is 21.6 Å². The highest BCUT2D eigenvalue weighted by molar-refractivity contribution is 7.89. The van der Waals surface area contributed by atoms with Crippen molar-refractivity contribution in [2.45, 2.75) is 37.5 Å². The van der Waals surface area contributed by atoms with Crippen LogP contribution < -0.4 is 5.32 Å². The predicted molar refractivity (Wildman–Crippen MR) is 105 cm³/mol. The van der Waals surface area contributed by atoms with Crippen molar-refractivity contribution in [3.8, 4) is 0 Å². The first-order chi connectivity index (χ1) is 12.2. The van der Waals surface area contributed by atoms with Gasteiger partial charge in [0.15, 0.2) is 0 Å². The number of sulfonamides is 1. The summed E-state index contributed by atoms with van der Waals surface area (Å²) in [4.78, 5) is 12.4. The van der Waals surface area contributed by atoms with E-state index in [2.05, 4.69) is 19.2 Å². The summed E-state index contributed by atoms with van der Waals surface area (Å²) in [5.41, 5.74) is 2.94. The maximum absolute atomic E-state index is 12.1. The predicted octanol–water partition coefficient (Wildman–Crippen LogP) is 3.63. The molecule has 26 heavy (non-hydrogen) atoms. The van der Waals surface area contributed by atoms with E-state index < -0.39 is 10.0 Å². The number of hydrogen-bond donors (Lipinski definition) is 1. The van der Waals surface area contributed by atoms with E-state index in [0.29, 0.717) is 18.8 Å². The van der Waals surface area contributed by atoms with Crippen LogP contribution in [0.15, 0.2) is 53.4 Å². The van der Waals surface area contributed by atoms with Crippen molar-refractivity contribution in [1.82, 2.24) is 4.31 Å². The van der Waals surface area contributed by atoms with E-state index in [0.717, 1.165) is 11.3 Å². The quantitative estimate of drug-likeness (QED) is 0.805. The summed E-state index contributed by atoms with van der Waals surface area (Å²) in [6.45, 7) is 4.26. The molecule has 0 heterocycles. The molecule has 0 aliphatic heterocycles. The average Bonchev–Trinajstić information content (AvgIpc) is 2.60. The molecule has 2 rings (SSSR count). The van der Waals surface area contributed by atoms with Gasteiger partial charge in [-0.1, -0.05) is 38.1 Å². The van der Waals surface area contributed by atoms with Gasteiger partial charge in [-0.2, -0.15) is 0 Å². The Balaban J connectivity index is 1.91. The molecular weight excluding hydrogens is 348 g/mol. The lowest BCUT2D eigenvalue weighted by Gasteiger charge is -2.11. The third kappa shape index (κ3) is 5.16. The zero-order valence-corrected chi connectivity index (χ0v) is 16.5. The fourth-order valence-corrected chi connectivity index (χ4v) is 3.37. The molecule has 2 aromatic carbocycles. The molecule has 0 spiro atoms. The maximum Gasteiger partial charge on any atom is 0.242 e. The van der Waals surface area contributed by atoms with Crippen LogP contribution in [0.2, 0.25) is 0 Å². The molecule has 2 aromatic rings. The van der Waals surface area contributed by atoms with Crippen LogP contribution in [0.4, 0.5) is 5.69 Å². The van der Waals surface area contributed by atoms with Crippen LogP contribution in [0.5, 0.6) is 0 Å². The van der Waals surface area contributed by atoms with Crippen LogP contribution in [0.3, 0.4) is 0 Å². The minimum absolute atomic E-state index is 0.0627. The number of carbonyl (C=O) groups is 1. The summed E-state index contributed by atoms with van der Waals surface area (Å²) in [6, 6.07) is 14.5. The lowest BCUT2D eigenvalue weighted by molar-refractivity contribution is -0.116. The van der Waals surface area contributed by atoms with E-state index in [1.807, 2.05) is 24.3 Å². The summed E-state index contributed by atoms with van der Waals surface area (Å²) < 4.78 is 25.3. The van der Waals surface area contributed by atoms with Gasteiger partial charge >= 0.3 is 0 Å². The molecule has 140 valence electrons. The van der Waals surface area contributed by atoms with Crippen LogP contribution in [0.25, 0.3) is 0 Å². The van der Waals surface area contributed by atoms with Gasteiger partial charge < -0.3 is 5.32 Å². The number of amides is 1. The van der Waals surface area contributed by atoms with Crippen molar-refractivity contribution < 1.29 is 13.2 Å². The fraction of sp³-hybridized carbons (Fsp3) is 0.350. The molecule has 5 nitrogen and oxygen atoms in total. The molecule has 6 heteroatoms. The van der Waals surface area contributed by atoms with Gasteiger partial charge in [0.2, 0.25) is 15.9 Å². The van der Waals surface area contributed by atoms with E-state index >= 15 is 0 Å². The smallest absolute Gasteiger partial charge is 0.242 e. The second kappa shape index (κ2) is 8.47. The molecule has 1 amide bonds. The number of benzene rings is 2. The monoisotopic (exact) mass is 374 g/mol. The molecule has 0 atom stereocenters. The first-order valence-electron chi connectivity index (χ1n) is 8.61. The van der Waals surface area contributed by atoms with Gasteiger partial charge in [0.1, 0.15) is 0 Å². The summed E-state index contributed by atoms with van der Waals surface area (Å²) in [5.74, 6) is 0.395. The fourth-order valence-electron chi connectivity index (χ4n) is 2.47. The van der Waals surface area contributed by atoms with Gasteiger partial charge in [-0.3, -0.25) is 4.79 Å². The molecule has 0 aliphatic rings. The summed E-state index contributed by atoms with van der Waals surface area (Å²) in [7, 11) is -0.419. The summed E-state index contributed by atoms with van der Waals surface area (Å²) >= 11 is 0. The van der Waals surface area contributed by atoms with E-state index in [4.69, 9.17) is 0 Å². The Morgan fingerprint density at radius 1 is 1.00 bits per heavy atom. The number of nitrogens with one attached hydrogen (secondary N) is 1. The lowest BCUT2D eigenvalue weighted by atomic mass is 10.0. The third-order valence-electron chi connectivity index (χ3n) is 4.20. The summed E-state index contributed by atoms with van der Waals surface area (Å²) in [6.07, 6.45) is 0.893. The molecular formula is C20H26N2O3S. The highest BCUT2D eigenvalue weighted by atomic mass is 32.2. The molecule has 0 aliphatic carbocycles. The average molecular weight is 375 g/mol. The van der Waals surface area contributed by atoms with E-state index in [9.17, 15) is 13.2 Å². The highest BCUT2D eigenvalue weighted by Gasteiger charge is 2.16. The number of rotatable bonds is 7. The second-order valence-electron chi connectivity index (χ2n) is 6.76. The molecule has 0 saturated carbocycles. The minimum atomic E-state index is -3.42. The standard InChI is InChI=1S/C20H26N2O3S/c1-15(2)17-8-10-18(11-9-17)21-20(23)14-7-16-5-12-19(13-6-16)26(24,25)22(3)4/h5-6,8-13,15H,7,14H2,1-4H3,(H,21,23). The van der Waals surface area contributed by atoms with Gasteiger partial charge in [-0.25, -0.2) is 12.7 Å². The molecule has 0 bridgehead atoms. The third-order valence-corrected chi connectivity index (χ3v) is 6.03. The van der Waals surface area contributed by atoms with E-state index in [-0.39, 0.29) is 10.8 Å². The molecule has 0 unspecified atom stereocenters. The Hall–Kier alpha value is -2.18. The Morgan fingerprint density at radius 2 is 1.58 bits per heavy atom. The van der Waals surface area contributed by atoms with Crippen molar-refractivity contribution in [2.24, 2.45) is 0 Å². The molecule has 0 fully saturated rings. The zero-order valence-electron chi connectivity index (χ0n) is 15.7. The number of anilines is 1. The van der Waals surface area contributed by atoms with Gasteiger partial charge in [0, 0.05) is 26.2 Å². The van der Waals surface area contributed by atoms with Crippen LogP contribution in [0, 0.1) is 0 Å². The number of carbonyl (C=O) groups excluding carboxylic acids is 1. The number of aryl methyl sites for hydroxylation is 1. The number of nitrogens with zero attached hydrogens (tertiary/aromatic N) is 1. The molecule has 1 N–H and O–H groups in total. The zero-order chi connectivity index (χ0) is 19.3. The first-order valence-corrected chi connectivity index (χ1v) is 10.1. The highest BCUT2D eigenvalue weighted by Crippen LogP contribution is 2.18. The summed E-state index contributed by atoms with van der Waals surface area (Å²) in [5, 5.41) is 2.89. The van der Waals surface area contributed by atoms with Crippen molar-refractivity contribution in [2.75, 3.05) is 19.4 Å². The van der Waals surface area contributed by atoms with Crippen LogP contribution in [0.1, 0.15) is 37.3 Å². The SMILES string of the molecule is CC(C)c1ccc(NC(=O)CCc2ccc(S(=O)(=O)N(C)C)cc2)cc1. The largest absolute Gasteiger partial charge is 0.326 e. The van der Waals surface area contributed by atoms with Crippen molar-refractivity contribution in [1.29, 1.82) is 0 Å². The first kappa shape index (κ1) is 20.1. The van der Waals surface area contributed by atoms with E-state index in [1.54, 1.807) is 24.3 Å². The maximum atomic E-state index is 12.1. The Labute approximate surface area is 156 Å². The van der Waals surface area contributed by atoms with Gasteiger partial charge in [-0.15, -0.1) is 0 Å². The molecule has 0 saturated heterocycles. The minimum Gasteiger partial charge on any atom is -0.326 e. The van der Waals surface area contributed by atoms with Crippen molar-refractivity contribution in [3.05, 3.63) is 59.7 Å². The molecule has 0 aromatic heterocycles.